The van der Waals surface area contributed by atoms with Crippen LogP contribution in [0, 0.1) is 0 Å². The summed E-state index contributed by atoms with van der Waals surface area (Å²) in [5.74, 6) is -0.187. The highest BCUT2D eigenvalue weighted by atomic mass is 16.2. The summed E-state index contributed by atoms with van der Waals surface area (Å²) in [6.07, 6.45) is 0. The van der Waals surface area contributed by atoms with Crippen LogP contribution in [0.4, 0.5) is 11.4 Å². The van der Waals surface area contributed by atoms with Gasteiger partial charge in [0.2, 0.25) is 5.91 Å². The molecule has 1 aromatic rings. The molecule has 0 fully saturated rings. The number of carbonyl (C=O) groups is 2. The second-order valence-electron chi connectivity index (χ2n) is 5.55. The van der Waals surface area contributed by atoms with Crippen LogP contribution in [0.2, 0.25) is 0 Å². The molecule has 0 heterocycles. The summed E-state index contributed by atoms with van der Waals surface area (Å²) in [7, 11) is 5.16. The fraction of sp³-hybridized carbons (Fsp3) is 0.467. The van der Waals surface area contributed by atoms with Crippen molar-refractivity contribution in [3.63, 3.8) is 0 Å². The second kappa shape index (κ2) is 6.97. The molecule has 1 aromatic carbocycles. The van der Waals surface area contributed by atoms with Crippen molar-refractivity contribution in [1.82, 2.24) is 10.2 Å². The predicted molar refractivity (Wildman–Crippen MR) is 85.4 cm³/mol. The van der Waals surface area contributed by atoms with Gasteiger partial charge in [-0.25, -0.2) is 0 Å². The summed E-state index contributed by atoms with van der Waals surface area (Å²) in [4.78, 5) is 27.0. The third kappa shape index (κ3) is 4.66. The molecule has 0 aromatic heterocycles. The molecule has 0 spiro atoms. The molecule has 0 saturated heterocycles. The predicted octanol–water partition coefficient (Wildman–Crippen LogP) is 0.931. The van der Waals surface area contributed by atoms with Crippen molar-refractivity contribution in [3.05, 3.63) is 23.8 Å². The zero-order chi connectivity index (χ0) is 16.2. The van der Waals surface area contributed by atoms with Crippen molar-refractivity contribution in [3.8, 4) is 0 Å². The molecule has 1 rings (SSSR count). The zero-order valence-electron chi connectivity index (χ0n) is 13.3. The van der Waals surface area contributed by atoms with E-state index in [1.165, 1.54) is 4.90 Å². The molecule has 0 atom stereocenters. The maximum atomic E-state index is 12.0. The summed E-state index contributed by atoms with van der Waals surface area (Å²) < 4.78 is 0. The lowest BCUT2D eigenvalue weighted by atomic mass is 10.1. The SMILES string of the molecule is CC(C)NC(=O)CN(C)c1cc(C(=O)N(C)C)ccc1N. The summed E-state index contributed by atoms with van der Waals surface area (Å²) in [5, 5.41) is 2.82. The minimum Gasteiger partial charge on any atom is -0.397 e. The molecule has 6 heteroatoms. The van der Waals surface area contributed by atoms with Crippen LogP contribution < -0.4 is 16.0 Å². The maximum Gasteiger partial charge on any atom is 0.253 e. The lowest BCUT2D eigenvalue weighted by molar-refractivity contribution is -0.120. The average Bonchev–Trinajstić information content (AvgIpc) is 2.36. The molecular weight excluding hydrogens is 268 g/mol. The van der Waals surface area contributed by atoms with E-state index in [1.807, 2.05) is 13.8 Å². The number of hydrogen-bond acceptors (Lipinski definition) is 4. The molecule has 6 nitrogen and oxygen atoms in total. The Morgan fingerprint density at radius 1 is 1.24 bits per heavy atom. The van der Waals surface area contributed by atoms with E-state index in [2.05, 4.69) is 5.32 Å². The van der Waals surface area contributed by atoms with Crippen LogP contribution in [-0.2, 0) is 4.79 Å². The Morgan fingerprint density at radius 3 is 2.38 bits per heavy atom. The van der Waals surface area contributed by atoms with Gasteiger partial charge in [0, 0.05) is 32.7 Å². The van der Waals surface area contributed by atoms with Gasteiger partial charge in [-0.3, -0.25) is 9.59 Å². The lowest BCUT2D eigenvalue weighted by Gasteiger charge is -2.22. The number of amides is 2. The number of nitrogen functional groups attached to an aromatic ring is 1. The van der Waals surface area contributed by atoms with Crippen LogP contribution >= 0.6 is 0 Å². The molecule has 0 saturated carbocycles. The summed E-state index contributed by atoms with van der Waals surface area (Å²) in [6.45, 7) is 3.99. The molecule has 0 radical (unpaired) electrons. The van der Waals surface area contributed by atoms with Crippen molar-refractivity contribution in [2.24, 2.45) is 0 Å². The molecule has 0 unspecified atom stereocenters. The molecule has 0 aliphatic carbocycles. The van der Waals surface area contributed by atoms with E-state index in [0.29, 0.717) is 16.9 Å². The summed E-state index contributed by atoms with van der Waals surface area (Å²) in [5.41, 5.74) is 7.69. The van der Waals surface area contributed by atoms with Crippen molar-refractivity contribution in [2.45, 2.75) is 19.9 Å². The van der Waals surface area contributed by atoms with Crippen LogP contribution in [0.25, 0.3) is 0 Å². The standard InChI is InChI=1S/C15H24N4O2/c1-10(2)17-14(20)9-19(5)13-8-11(6-7-12(13)16)15(21)18(3)4/h6-8,10H,9,16H2,1-5H3,(H,17,20). The normalized spacial score (nSPS) is 10.4. The zero-order valence-corrected chi connectivity index (χ0v) is 13.3. The lowest BCUT2D eigenvalue weighted by Crippen LogP contribution is -2.38. The fourth-order valence-corrected chi connectivity index (χ4v) is 1.93. The molecule has 0 bridgehead atoms. The first-order valence-corrected chi connectivity index (χ1v) is 6.84. The fourth-order valence-electron chi connectivity index (χ4n) is 1.93. The van der Waals surface area contributed by atoms with Crippen molar-refractivity contribution in [2.75, 3.05) is 38.3 Å². The van der Waals surface area contributed by atoms with Gasteiger partial charge in [-0.15, -0.1) is 0 Å². The second-order valence-corrected chi connectivity index (χ2v) is 5.55. The number of nitrogens with zero attached hydrogens (tertiary/aromatic N) is 2. The van der Waals surface area contributed by atoms with E-state index in [1.54, 1.807) is 44.2 Å². The molecule has 3 N–H and O–H groups in total. The van der Waals surface area contributed by atoms with Gasteiger partial charge in [-0.2, -0.15) is 0 Å². The average molecular weight is 292 g/mol. The van der Waals surface area contributed by atoms with Gasteiger partial charge in [-0.1, -0.05) is 0 Å². The largest absolute Gasteiger partial charge is 0.397 e. The Bertz CT molecular complexity index is 526. The minimum absolute atomic E-state index is 0.0868. The number of hydrogen-bond donors (Lipinski definition) is 2. The highest BCUT2D eigenvalue weighted by molar-refractivity contribution is 5.96. The Hall–Kier alpha value is -2.24. The van der Waals surface area contributed by atoms with Crippen LogP contribution in [0.15, 0.2) is 18.2 Å². The van der Waals surface area contributed by atoms with E-state index in [4.69, 9.17) is 5.73 Å². The molecule has 0 aliphatic rings. The van der Waals surface area contributed by atoms with Crippen molar-refractivity contribution >= 4 is 23.2 Å². The van der Waals surface area contributed by atoms with E-state index in [9.17, 15) is 9.59 Å². The third-order valence-electron chi connectivity index (χ3n) is 2.93. The molecular formula is C15H24N4O2. The smallest absolute Gasteiger partial charge is 0.253 e. The summed E-state index contributed by atoms with van der Waals surface area (Å²) >= 11 is 0. The number of benzene rings is 1. The van der Waals surface area contributed by atoms with Crippen LogP contribution in [0.5, 0.6) is 0 Å². The van der Waals surface area contributed by atoms with Crippen LogP contribution in [0.1, 0.15) is 24.2 Å². The van der Waals surface area contributed by atoms with Crippen molar-refractivity contribution < 1.29 is 9.59 Å². The number of nitrogens with one attached hydrogen (secondary N) is 1. The third-order valence-corrected chi connectivity index (χ3v) is 2.93. The Kier molecular flexibility index (Phi) is 5.58. The first-order valence-electron chi connectivity index (χ1n) is 6.84. The Balaban J connectivity index is 2.93. The first-order chi connectivity index (χ1) is 9.72. The van der Waals surface area contributed by atoms with Crippen molar-refractivity contribution in [1.29, 1.82) is 0 Å². The number of carbonyl (C=O) groups excluding carboxylic acids is 2. The van der Waals surface area contributed by atoms with Crippen LogP contribution in [0.3, 0.4) is 0 Å². The van der Waals surface area contributed by atoms with Gasteiger partial charge in [0.25, 0.3) is 5.91 Å². The highest BCUT2D eigenvalue weighted by Gasteiger charge is 2.14. The van der Waals surface area contributed by atoms with Gasteiger partial charge < -0.3 is 20.9 Å². The number of rotatable bonds is 5. The number of anilines is 2. The monoisotopic (exact) mass is 292 g/mol. The van der Waals surface area contributed by atoms with E-state index in [0.717, 1.165) is 0 Å². The Morgan fingerprint density at radius 2 is 1.86 bits per heavy atom. The van der Waals surface area contributed by atoms with Crippen LogP contribution in [-0.4, -0.2) is 50.4 Å². The maximum absolute atomic E-state index is 12.0. The minimum atomic E-state index is -0.101. The van der Waals surface area contributed by atoms with E-state index < -0.39 is 0 Å². The quantitative estimate of drug-likeness (QED) is 0.791. The van der Waals surface area contributed by atoms with Gasteiger partial charge in [0.05, 0.1) is 17.9 Å². The number of likely N-dealkylation sites (N-methyl/N-ethyl adjacent to an activating group) is 1. The van der Waals surface area contributed by atoms with Gasteiger partial charge in [-0.05, 0) is 32.0 Å². The van der Waals surface area contributed by atoms with E-state index in [-0.39, 0.29) is 24.4 Å². The molecule has 0 aliphatic heterocycles. The molecule has 116 valence electrons. The topological polar surface area (TPSA) is 78.7 Å². The molecule has 21 heavy (non-hydrogen) atoms. The number of nitrogens with two attached hydrogens (primary N) is 1. The Labute approximate surface area is 125 Å². The van der Waals surface area contributed by atoms with Gasteiger partial charge in [0.15, 0.2) is 0 Å². The first kappa shape index (κ1) is 16.8. The highest BCUT2D eigenvalue weighted by Crippen LogP contribution is 2.24. The molecule has 2 amide bonds. The van der Waals surface area contributed by atoms with Gasteiger partial charge >= 0.3 is 0 Å². The van der Waals surface area contributed by atoms with Gasteiger partial charge in [0.1, 0.15) is 0 Å². The summed E-state index contributed by atoms with van der Waals surface area (Å²) in [6, 6.07) is 5.16. The van der Waals surface area contributed by atoms with E-state index >= 15 is 0 Å².